The smallest absolute Gasteiger partial charge is 0.253 e. The Morgan fingerprint density at radius 1 is 1.13 bits per heavy atom. The lowest BCUT2D eigenvalue weighted by Gasteiger charge is -2.18. The average molecular weight is 343 g/mol. The number of benzene rings is 1. The van der Waals surface area contributed by atoms with E-state index in [1.807, 2.05) is 13.8 Å². The number of carbonyl (C=O) groups is 3. The Hall–Kier alpha value is -2.12. The van der Waals surface area contributed by atoms with Crippen LogP contribution in [0.3, 0.4) is 0 Å². The van der Waals surface area contributed by atoms with E-state index in [0.717, 1.165) is 0 Å². The second-order valence-corrected chi connectivity index (χ2v) is 4.82. The van der Waals surface area contributed by atoms with Crippen molar-refractivity contribution in [1.82, 2.24) is 4.90 Å². The molecule has 7 nitrogen and oxygen atoms in total. The largest absolute Gasteiger partial charge is 0.370 e. The highest BCUT2D eigenvalue weighted by molar-refractivity contribution is 5.98. The molecule has 0 spiro atoms. The molecule has 0 aromatic heterocycles. The van der Waals surface area contributed by atoms with Gasteiger partial charge in [0.1, 0.15) is 0 Å². The average Bonchev–Trinajstić information content (AvgIpc) is 2.48. The van der Waals surface area contributed by atoms with Crippen LogP contribution in [0.25, 0.3) is 0 Å². The Morgan fingerprint density at radius 3 is 2.09 bits per heavy atom. The van der Waals surface area contributed by atoms with Gasteiger partial charge in [0.15, 0.2) is 0 Å². The van der Waals surface area contributed by atoms with Crippen molar-refractivity contribution < 1.29 is 14.4 Å². The number of primary amides is 1. The molecular weight excluding hydrogens is 320 g/mol. The van der Waals surface area contributed by atoms with Crippen molar-refractivity contribution in [3.8, 4) is 0 Å². The maximum Gasteiger partial charge on any atom is 0.253 e. The summed E-state index contributed by atoms with van der Waals surface area (Å²) in [5, 5.41) is 2.57. The van der Waals surface area contributed by atoms with Crippen LogP contribution in [0.5, 0.6) is 0 Å². The third-order valence-corrected chi connectivity index (χ3v) is 3.21. The van der Waals surface area contributed by atoms with E-state index in [4.69, 9.17) is 11.5 Å². The maximum atomic E-state index is 12.1. The first-order valence-corrected chi connectivity index (χ1v) is 7.13. The van der Waals surface area contributed by atoms with Crippen LogP contribution in [0.1, 0.15) is 30.6 Å². The summed E-state index contributed by atoms with van der Waals surface area (Å²) < 4.78 is 0. The second-order valence-electron chi connectivity index (χ2n) is 4.82. The Bertz CT molecular complexity index is 544. The third kappa shape index (κ3) is 6.25. The summed E-state index contributed by atoms with van der Waals surface area (Å²) in [6.07, 6.45) is -0.218. The summed E-state index contributed by atoms with van der Waals surface area (Å²) in [7, 11) is 0. The molecule has 1 atom stereocenters. The molecule has 3 amide bonds. The van der Waals surface area contributed by atoms with Gasteiger partial charge in [0.05, 0.1) is 12.5 Å². The minimum absolute atomic E-state index is 0. The zero-order valence-electron chi connectivity index (χ0n) is 13.2. The van der Waals surface area contributed by atoms with Gasteiger partial charge in [-0.25, -0.2) is 0 Å². The van der Waals surface area contributed by atoms with Crippen molar-refractivity contribution >= 4 is 35.8 Å². The van der Waals surface area contributed by atoms with Crippen LogP contribution >= 0.6 is 12.4 Å². The Balaban J connectivity index is 0.00000484. The number of nitrogens with zero attached hydrogens (tertiary/aromatic N) is 1. The van der Waals surface area contributed by atoms with Gasteiger partial charge in [0, 0.05) is 24.3 Å². The highest BCUT2D eigenvalue weighted by Gasteiger charge is 2.16. The van der Waals surface area contributed by atoms with Gasteiger partial charge in [-0.3, -0.25) is 14.4 Å². The number of halogens is 1. The predicted molar refractivity (Wildman–Crippen MR) is 91.4 cm³/mol. The fourth-order valence-electron chi connectivity index (χ4n) is 1.93. The van der Waals surface area contributed by atoms with Gasteiger partial charge in [-0.2, -0.15) is 0 Å². The van der Waals surface area contributed by atoms with Gasteiger partial charge in [0.2, 0.25) is 11.8 Å². The standard InChI is InChI=1S/C15H22N4O3.ClH/c1-3-19(4-2)15(22)10-5-7-11(8-6-10)18-14(21)12(16)9-13(17)20;/h5-8,12H,3-4,9,16H2,1-2H3,(H2,17,20)(H,18,21);1H. The minimum atomic E-state index is -0.991. The van der Waals surface area contributed by atoms with E-state index in [1.165, 1.54) is 0 Å². The van der Waals surface area contributed by atoms with Crippen molar-refractivity contribution in [2.75, 3.05) is 18.4 Å². The quantitative estimate of drug-likeness (QED) is 0.676. The fraction of sp³-hybridized carbons (Fsp3) is 0.400. The lowest BCUT2D eigenvalue weighted by molar-refractivity contribution is -0.123. The van der Waals surface area contributed by atoms with Crippen molar-refractivity contribution in [2.45, 2.75) is 26.3 Å². The molecule has 5 N–H and O–H groups in total. The number of carbonyl (C=O) groups excluding carboxylic acids is 3. The normalized spacial score (nSPS) is 11.1. The van der Waals surface area contributed by atoms with E-state index in [9.17, 15) is 14.4 Å². The first-order valence-electron chi connectivity index (χ1n) is 7.13. The Morgan fingerprint density at radius 2 is 1.65 bits per heavy atom. The SMILES string of the molecule is CCN(CC)C(=O)c1ccc(NC(=O)C(N)CC(N)=O)cc1.Cl. The molecule has 128 valence electrons. The van der Waals surface area contributed by atoms with E-state index in [1.54, 1.807) is 29.2 Å². The molecule has 0 saturated heterocycles. The zero-order chi connectivity index (χ0) is 16.7. The topological polar surface area (TPSA) is 119 Å². The first kappa shape index (κ1) is 20.9. The van der Waals surface area contributed by atoms with Crippen LogP contribution < -0.4 is 16.8 Å². The minimum Gasteiger partial charge on any atom is -0.370 e. The Kier molecular flexibility index (Phi) is 8.90. The summed E-state index contributed by atoms with van der Waals surface area (Å²) in [6.45, 7) is 5.10. The van der Waals surface area contributed by atoms with Gasteiger partial charge >= 0.3 is 0 Å². The number of hydrogen-bond donors (Lipinski definition) is 3. The molecule has 0 radical (unpaired) electrons. The first-order chi connectivity index (χ1) is 10.4. The van der Waals surface area contributed by atoms with Crippen LogP contribution in [-0.2, 0) is 9.59 Å². The monoisotopic (exact) mass is 342 g/mol. The molecule has 0 aliphatic heterocycles. The molecule has 0 saturated carbocycles. The lowest BCUT2D eigenvalue weighted by Crippen LogP contribution is -2.39. The molecule has 1 rings (SSSR count). The summed E-state index contributed by atoms with van der Waals surface area (Å²) in [4.78, 5) is 36.3. The number of anilines is 1. The van der Waals surface area contributed by atoms with Gasteiger partial charge in [-0.15, -0.1) is 12.4 Å². The summed E-state index contributed by atoms with van der Waals surface area (Å²) >= 11 is 0. The van der Waals surface area contributed by atoms with Gasteiger partial charge in [0.25, 0.3) is 5.91 Å². The van der Waals surface area contributed by atoms with Gasteiger partial charge < -0.3 is 21.7 Å². The van der Waals surface area contributed by atoms with Crippen molar-refractivity contribution in [3.05, 3.63) is 29.8 Å². The number of amides is 3. The molecule has 1 aromatic carbocycles. The molecule has 0 aliphatic rings. The predicted octanol–water partition coefficient (Wildman–Crippen LogP) is 0.732. The van der Waals surface area contributed by atoms with Gasteiger partial charge in [-0.05, 0) is 38.1 Å². The molecule has 8 heteroatoms. The molecule has 0 aliphatic carbocycles. The molecule has 0 bridgehead atoms. The van der Waals surface area contributed by atoms with Crippen LogP contribution in [0.4, 0.5) is 5.69 Å². The van der Waals surface area contributed by atoms with E-state index in [0.29, 0.717) is 24.3 Å². The third-order valence-electron chi connectivity index (χ3n) is 3.21. The van der Waals surface area contributed by atoms with Crippen LogP contribution in [0.2, 0.25) is 0 Å². The molecular formula is C15H23ClN4O3. The number of rotatable bonds is 7. The van der Waals surface area contributed by atoms with E-state index in [-0.39, 0.29) is 24.7 Å². The molecule has 23 heavy (non-hydrogen) atoms. The second kappa shape index (κ2) is 9.81. The maximum absolute atomic E-state index is 12.1. The van der Waals surface area contributed by atoms with Crippen molar-refractivity contribution in [3.63, 3.8) is 0 Å². The van der Waals surface area contributed by atoms with Gasteiger partial charge in [-0.1, -0.05) is 0 Å². The van der Waals surface area contributed by atoms with Crippen molar-refractivity contribution in [2.24, 2.45) is 11.5 Å². The van der Waals surface area contributed by atoms with E-state index in [2.05, 4.69) is 5.32 Å². The fourth-order valence-corrected chi connectivity index (χ4v) is 1.93. The zero-order valence-corrected chi connectivity index (χ0v) is 14.1. The molecule has 1 unspecified atom stereocenters. The Labute approximate surface area is 141 Å². The number of nitrogens with one attached hydrogen (secondary N) is 1. The van der Waals surface area contributed by atoms with Crippen LogP contribution in [0.15, 0.2) is 24.3 Å². The summed E-state index contributed by atoms with van der Waals surface area (Å²) in [6, 6.07) is 5.51. The number of nitrogens with two attached hydrogens (primary N) is 2. The summed E-state index contributed by atoms with van der Waals surface area (Å²) in [5.41, 5.74) is 11.6. The highest BCUT2D eigenvalue weighted by Crippen LogP contribution is 2.12. The molecule has 0 fully saturated rings. The van der Waals surface area contributed by atoms with Crippen molar-refractivity contribution in [1.29, 1.82) is 0 Å². The molecule has 0 heterocycles. The number of hydrogen-bond acceptors (Lipinski definition) is 4. The summed E-state index contributed by atoms with van der Waals surface area (Å²) in [5.74, 6) is -1.20. The van der Waals surface area contributed by atoms with E-state index >= 15 is 0 Å². The lowest BCUT2D eigenvalue weighted by atomic mass is 10.1. The van der Waals surface area contributed by atoms with Crippen LogP contribution in [-0.4, -0.2) is 41.8 Å². The highest BCUT2D eigenvalue weighted by atomic mass is 35.5. The molecule has 1 aromatic rings. The van der Waals surface area contributed by atoms with Crippen LogP contribution in [0, 0.1) is 0 Å². The van der Waals surface area contributed by atoms with E-state index < -0.39 is 17.9 Å².